The van der Waals surface area contributed by atoms with Gasteiger partial charge in [-0.25, -0.2) is 9.78 Å². The summed E-state index contributed by atoms with van der Waals surface area (Å²) in [5.74, 6) is 1.74. The zero-order valence-electron chi connectivity index (χ0n) is 16.2. The molecule has 0 aromatic carbocycles. The third kappa shape index (κ3) is 4.17. The number of carbonyl (C=O) groups is 1. The molecule has 0 aliphatic carbocycles. The second-order valence-corrected chi connectivity index (χ2v) is 8.76. The highest BCUT2D eigenvalue weighted by atomic mass is 16.5. The second kappa shape index (κ2) is 6.63. The van der Waals surface area contributed by atoms with E-state index in [1.54, 1.807) is 0 Å². The number of aryl methyl sites for hydroxylation is 1. The summed E-state index contributed by atoms with van der Waals surface area (Å²) >= 11 is 0. The average molecular weight is 348 g/mol. The molecule has 2 saturated heterocycles. The van der Waals surface area contributed by atoms with Crippen molar-refractivity contribution in [1.82, 2.24) is 19.8 Å². The van der Waals surface area contributed by atoms with Crippen molar-refractivity contribution in [3.63, 3.8) is 0 Å². The molecule has 3 heterocycles. The molecule has 0 spiro atoms. The largest absolute Gasteiger partial charge is 0.367 e. The quantitative estimate of drug-likeness (QED) is 0.914. The Morgan fingerprint density at radius 3 is 2.52 bits per heavy atom. The van der Waals surface area contributed by atoms with Crippen LogP contribution in [0.1, 0.15) is 52.8 Å². The molecule has 0 bridgehead atoms. The maximum absolute atomic E-state index is 12.7. The van der Waals surface area contributed by atoms with E-state index in [0.29, 0.717) is 5.92 Å². The van der Waals surface area contributed by atoms with Crippen molar-refractivity contribution in [2.75, 3.05) is 13.1 Å². The molecule has 1 atom stereocenters. The molecule has 140 valence electrons. The molecule has 1 N–H and O–H groups in total. The van der Waals surface area contributed by atoms with Gasteiger partial charge >= 0.3 is 6.03 Å². The molecular weight excluding hydrogens is 316 g/mol. The Hall–Kier alpha value is -1.56. The maximum Gasteiger partial charge on any atom is 0.317 e. The van der Waals surface area contributed by atoms with Crippen LogP contribution in [0, 0.1) is 5.92 Å². The van der Waals surface area contributed by atoms with Crippen molar-refractivity contribution < 1.29 is 9.53 Å². The molecule has 0 radical (unpaired) electrons. The van der Waals surface area contributed by atoms with Gasteiger partial charge in [-0.05, 0) is 52.9 Å². The van der Waals surface area contributed by atoms with Crippen LogP contribution < -0.4 is 5.32 Å². The molecule has 6 nitrogen and oxygen atoms in total. The summed E-state index contributed by atoms with van der Waals surface area (Å²) in [6.45, 7) is 9.93. The lowest BCUT2D eigenvalue weighted by atomic mass is 9.93. The zero-order chi connectivity index (χ0) is 18.2. The van der Waals surface area contributed by atoms with Gasteiger partial charge in [0.15, 0.2) is 0 Å². The number of nitrogens with zero attached hydrogens (tertiary/aromatic N) is 3. The highest BCUT2D eigenvalue weighted by Crippen LogP contribution is 2.37. The van der Waals surface area contributed by atoms with E-state index in [1.165, 1.54) is 0 Å². The lowest BCUT2D eigenvalue weighted by Gasteiger charge is -2.34. The molecule has 2 amide bonds. The zero-order valence-corrected chi connectivity index (χ0v) is 16.2. The number of likely N-dealkylation sites (tertiary alicyclic amines) is 1. The van der Waals surface area contributed by atoms with Crippen molar-refractivity contribution in [3.8, 4) is 0 Å². The summed E-state index contributed by atoms with van der Waals surface area (Å²) < 4.78 is 8.17. The Kier molecular flexibility index (Phi) is 4.84. The molecule has 25 heavy (non-hydrogen) atoms. The molecule has 3 rings (SSSR count). The first-order valence-corrected chi connectivity index (χ1v) is 9.38. The van der Waals surface area contributed by atoms with E-state index < -0.39 is 0 Å². The lowest BCUT2D eigenvalue weighted by molar-refractivity contribution is -0.0693. The van der Waals surface area contributed by atoms with E-state index in [1.807, 2.05) is 24.3 Å². The summed E-state index contributed by atoms with van der Waals surface area (Å²) in [4.78, 5) is 19.0. The first-order chi connectivity index (χ1) is 11.7. The molecule has 1 aromatic heterocycles. The summed E-state index contributed by atoms with van der Waals surface area (Å²) in [6, 6.07) is 0.107. The lowest BCUT2D eigenvalue weighted by Crippen LogP contribution is -2.52. The monoisotopic (exact) mass is 348 g/mol. The first kappa shape index (κ1) is 18.2. The predicted molar refractivity (Wildman–Crippen MR) is 97.4 cm³/mol. The predicted octanol–water partition coefficient (Wildman–Crippen LogP) is 2.73. The molecule has 2 aliphatic rings. The number of carbonyl (C=O) groups excluding carboxylic acids is 1. The minimum atomic E-state index is -0.324. The van der Waals surface area contributed by atoms with Crippen molar-refractivity contribution in [3.05, 3.63) is 18.2 Å². The summed E-state index contributed by atoms with van der Waals surface area (Å²) in [6.07, 6.45) is 7.76. The maximum atomic E-state index is 12.7. The van der Waals surface area contributed by atoms with Crippen molar-refractivity contribution in [2.24, 2.45) is 13.0 Å². The number of aromatic nitrogens is 2. The van der Waals surface area contributed by atoms with Gasteiger partial charge < -0.3 is 19.5 Å². The SMILES string of the molecule is Cn1ccnc1CC1CCN(C(=O)NC2CC(C)(C)OC2(C)C)CC1. The number of amides is 2. The van der Waals surface area contributed by atoms with Gasteiger partial charge in [0.2, 0.25) is 0 Å². The fraction of sp³-hybridized carbons (Fsp3) is 0.789. The van der Waals surface area contributed by atoms with Crippen molar-refractivity contribution >= 4 is 6.03 Å². The fourth-order valence-electron chi connectivity index (χ4n) is 4.22. The van der Waals surface area contributed by atoms with E-state index in [-0.39, 0.29) is 23.3 Å². The topological polar surface area (TPSA) is 59.4 Å². The third-order valence-corrected chi connectivity index (χ3v) is 5.67. The number of nitrogens with one attached hydrogen (secondary N) is 1. The number of hydrogen-bond donors (Lipinski definition) is 1. The molecule has 1 unspecified atom stereocenters. The van der Waals surface area contributed by atoms with Crippen molar-refractivity contribution in [2.45, 2.75) is 70.6 Å². The van der Waals surface area contributed by atoms with Crippen LogP contribution in [0.2, 0.25) is 0 Å². The second-order valence-electron chi connectivity index (χ2n) is 8.76. The first-order valence-electron chi connectivity index (χ1n) is 9.38. The van der Waals surface area contributed by atoms with Gasteiger partial charge in [0.1, 0.15) is 5.82 Å². The van der Waals surface area contributed by atoms with Gasteiger partial charge in [-0.1, -0.05) is 0 Å². The van der Waals surface area contributed by atoms with Crippen LogP contribution in [0.3, 0.4) is 0 Å². The smallest absolute Gasteiger partial charge is 0.317 e. The van der Waals surface area contributed by atoms with Gasteiger partial charge in [-0.15, -0.1) is 0 Å². The molecule has 6 heteroatoms. The molecule has 0 saturated carbocycles. The Labute approximate surface area is 150 Å². The van der Waals surface area contributed by atoms with E-state index in [9.17, 15) is 4.79 Å². The Morgan fingerprint density at radius 1 is 1.32 bits per heavy atom. The average Bonchev–Trinajstić information content (AvgIpc) is 2.99. The molecule has 2 aliphatic heterocycles. The van der Waals surface area contributed by atoms with Gasteiger partial charge in [0.05, 0.1) is 17.2 Å². The van der Waals surface area contributed by atoms with Crippen LogP contribution in [0.4, 0.5) is 4.79 Å². The number of hydrogen-bond acceptors (Lipinski definition) is 3. The summed E-state index contributed by atoms with van der Waals surface area (Å²) in [5, 5.41) is 3.21. The summed E-state index contributed by atoms with van der Waals surface area (Å²) in [7, 11) is 2.04. The van der Waals surface area contributed by atoms with Gasteiger partial charge in [0.25, 0.3) is 0 Å². The third-order valence-electron chi connectivity index (χ3n) is 5.67. The van der Waals surface area contributed by atoms with Crippen LogP contribution >= 0.6 is 0 Å². The fourth-order valence-corrected chi connectivity index (χ4v) is 4.22. The number of ether oxygens (including phenoxy) is 1. The highest BCUT2D eigenvalue weighted by molar-refractivity contribution is 5.74. The van der Waals surface area contributed by atoms with E-state index in [2.05, 4.69) is 42.6 Å². The number of urea groups is 1. The van der Waals surface area contributed by atoms with Gasteiger partial charge in [0, 0.05) is 39.0 Å². The highest BCUT2D eigenvalue weighted by Gasteiger charge is 2.46. The molecule has 2 fully saturated rings. The molecular formula is C19H32N4O2. The van der Waals surface area contributed by atoms with Gasteiger partial charge in [-0.3, -0.25) is 0 Å². The number of piperidine rings is 1. The Morgan fingerprint density at radius 2 is 2.00 bits per heavy atom. The van der Waals surface area contributed by atoms with Crippen LogP contribution in [0.15, 0.2) is 12.4 Å². The Bertz CT molecular complexity index is 615. The van der Waals surface area contributed by atoms with E-state index in [0.717, 1.165) is 44.6 Å². The standard InChI is InChI=1S/C19H32N4O2/c1-18(2)13-15(19(3,4)25-18)21-17(24)23-9-6-14(7-10-23)12-16-20-8-11-22(16)5/h8,11,14-15H,6-7,9-10,12-13H2,1-5H3,(H,21,24). The minimum Gasteiger partial charge on any atom is -0.367 e. The van der Waals surface area contributed by atoms with E-state index in [4.69, 9.17) is 4.74 Å². The number of imidazole rings is 1. The summed E-state index contributed by atoms with van der Waals surface area (Å²) in [5.41, 5.74) is -0.508. The van der Waals surface area contributed by atoms with Gasteiger partial charge in [-0.2, -0.15) is 0 Å². The number of rotatable bonds is 3. The van der Waals surface area contributed by atoms with Crippen LogP contribution in [0.25, 0.3) is 0 Å². The minimum absolute atomic E-state index is 0.0508. The van der Waals surface area contributed by atoms with Crippen LogP contribution in [0.5, 0.6) is 0 Å². The molecule has 1 aromatic rings. The van der Waals surface area contributed by atoms with Crippen LogP contribution in [-0.2, 0) is 18.2 Å². The van der Waals surface area contributed by atoms with E-state index >= 15 is 0 Å². The van der Waals surface area contributed by atoms with Crippen molar-refractivity contribution in [1.29, 1.82) is 0 Å². The Balaban J connectivity index is 1.49. The normalized spacial score (nSPS) is 26.0. The van der Waals surface area contributed by atoms with Crippen LogP contribution in [-0.4, -0.2) is 50.8 Å².